The highest BCUT2D eigenvalue weighted by atomic mass is 19.4. The summed E-state index contributed by atoms with van der Waals surface area (Å²) in [4.78, 5) is 6.97. The zero-order valence-electron chi connectivity index (χ0n) is 16.6. The molecule has 30 heavy (non-hydrogen) atoms. The summed E-state index contributed by atoms with van der Waals surface area (Å²) in [6.07, 6.45) is -2.54. The van der Waals surface area contributed by atoms with Crippen molar-refractivity contribution in [3.8, 4) is 0 Å². The molecule has 2 aliphatic heterocycles. The second-order valence-corrected chi connectivity index (χ2v) is 8.47. The van der Waals surface area contributed by atoms with E-state index in [9.17, 15) is 13.2 Å². The second kappa shape index (κ2) is 6.96. The zero-order chi connectivity index (χ0) is 20.9. The molecule has 1 spiro atoms. The van der Waals surface area contributed by atoms with Crippen LogP contribution in [0.1, 0.15) is 16.7 Å². The summed E-state index contributed by atoms with van der Waals surface area (Å²) < 4.78 is 44.5. The maximum Gasteiger partial charge on any atom is 0.416 e. The van der Waals surface area contributed by atoms with Gasteiger partial charge in [-0.2, -0.15) is 13.2 Å². The Labute approximate surface area is 172 Å². The van der Waals surface area contributed by atoms with Crippen molar-refractivity contribution in [1.82, 2.24) is 9.88 Å². The molecule has 0 saturated carbocycles. The molecule has 0 radical (unpaired) electrons. The van der Waals surface area contributed by atoms with Crippen molar-refractivity contribution in [1.29, 1.82) is 0 Å². The number of aromatic nitrogens is 1. The van der Waals surface area contributed by atoms with Crippen LogP contribution in [0.15, 0.2) is 48.7 Å². The van der Waals surface area contributed by atoms with Gasteiger partial charge in [0.1, 0.15) is 5.82 Å². The largest absolute Gasteiger partial charge is 0.416 e. The first-order chi connectivity index (χ1) is 14.3. The van der Waals surface area contributed by atoms with E-state index in [0.29, 0.717) is 16.9 Å². The maximum atomic E-state index is 13.1. The molecule has 0 aliphatic carbocycles. The zero-order valence-corrected chi connectivity index (χ0v) is 16.6. The maximum absolute atomic E-state index is 13.1. The Bertz CT molecular complexity index is 1100. The van der Waals surface area contributed by atoms with E-state index in [2.05, 4.69) is 28.2 Å². The van der Waals surface area contributed by atoms with Crippen LogP contribution in [0.5, 0.6) is 0 Å². The molecule has 1 aromatic heterocycles. The van der Waals surface area contributed by atoms with E-state index in [1.807, 2.05) is 18.3 Å². The average Bonchev–Trinajstić information content (AvgIpc) is 2.64. The number of pyridine rings is 1. The van der Waals surface area contributed by atoms with E-state index in [1.54, 1.807) is 6.07 Å². The molecule has 0 atom stereocenters. The first-order valence-corrected chi connectivity index (χ1v) is 9.95. The van der Waals surface area contributed by atoms with Crippen molar-refractivity contribution in [2.45, 2.75) is 19.6 Å². The summed E-state index contributed by atoms with van der Waals surface area (Å²) in [5, 5.41) is 5.10. The molecular weight excluding hydrogens is 391 g/mol. The second-order valence-electron chi connectivity index (χ2n) is 8.47. The number of ether oxygens (including phenoxy) is 1. The fraction of sp³-hybridized carbons (Fsp3) is 0.348. The Kier molecular flexibility index (Phi) is 4.48. The van der Waals surface area contributed by atoms with Crippen LogP contribution < -0.4 is 5.32 Å². The van der Waals surface area contributed by atoms with Crippen molar-refractivity contribution in [3.63, 3.8) is 0 Å². The molecule has 0 bridgehead atoms. The lowest BCUT2D eigenvalue weighted by Crippen LogP contribution is -2.65. The highest BCUT2D eigenvalue weighted by molar-refractivity contribution is 5.97. The van der Waals surface area contributed by atoms with Crippen LogP contribution in [0.3, 0.4) is 0 Å². The third kappa shape index (κ3) is 3.42. The monoisotopic (exact) mass is 413 g/mol. The number of hydrogen-bond donors (Lipinski definition) is 1. The quantitative estimate of drug-likeness (QED) is 0.643. The van der Waals surface area contributed by atoms with Gasteiger partial charge in [-0.05, 0) is 41.6 Å². The molecule has 4 nitrogen and oxygen atoms in total. The fourth-order valence-electron chi connectivity index (χ4n) is 4.53. The van der Waals surface area contributed by atoms with Gasteiger partial charge in [-0.3, -0.25) is 4.90 Å². The van der Waals surface area contributed by atoms with Gasteiger partial charge in [-0.1, -0.05) is 24.3 Å². The molecule has 0 unspecified atom stereocenters. The third-order valence-corrected chi connectivity index (χ3v) is 5.98. The molecule has 2 aliphatic rings. The Balaban J connectivity index is 1.45. The first-order valence-electron chi connectivity index (χ1n) is 9.95. The van der Waals surface area contributed by atoms with Gasteiger partial charge in [0.05, 0.1) is 18.8 Å². The number of nitrogens with one attached hydrogen (secondary N) is 1. The summed E-state index contributed by atoms with van der Waals surface area (Å²) in [5.41, 5.74) is 2.29. The number of anilines is 2. The predicted molar refractivity (Wildman–Crippen MR) is 110 cm³/mol. The molecule has 0 amide bonds. The number of benzene rings is 2. The summed E-state index contributed by atoms with van der Waals surface area (Å²) in [5.74, 6) is 0.559. The highest BCUT2D eigenvalue weighted by Crippen LogP contribution is 2.39. The molecular formula is C23H22F3N3O. The lowest BCUT2D eigenvalue weighted by atomic mass is 9.78. The third-order valence-electron chi connectivity index (χ3n) is 5.98. The van der Waals surface area contributed by atoms with Gasteiger partial charge >= 0.3 is 6.18 Å². The first kappa shape index (κ1) is 19.3. The van der Waals surface area contributed by atoms with Crippen LogP contribution >= 0.6 is 0 Å². The highest BCUT2D eigenvalue weighted by Gasteiger charge is 2.48. The average molecular weight is 413 g/mol. The van der Waals surface area contributed by atoms with Gasteiger partial charge in [0, 0.05) is 42.3 Å². The molecule has 3 aromatic rings. The fourth-order valence-corrected chi connectivity index (χ4v) is 4.53. The topological polar surface area (TPSA) is 37.4 Å². The van der Waals surface area contributed by atoms with Gasteiger partial charge in [-0.15, -0.1) is 0 Å². The number of hydrogen-bond acceptors (Lipinski definition) is 4. The van der Waals surface area contributed by atoms with Crippen molar-refractivity contribution < 1.29 is 17.9 Å². The Hall–Kier alpha value is -2.64. The summed E-state index contributed by atoms with van der Waals surface area (Å²) in [6.45, 7) is 6.62. The van der Waals surface area contributed by atoms with Gasteiger partial charge in [-0.25, -0.2) is 4.98 Å². The summed E-state index contributed by atoms with van der Waals surface area (Å²) in [7, 11) is 0. The van der Waals surface area contributed by atoms with Crippen LogP contribution in [-0.4, -0.2) is 36.2 Å². The van der Waals surface area contributed by atoms with E-state index < -0.39 is 11.7 Å². The van der Waals surface area contributed by atoms with E-state index in [-0.39, 0.29) is 0 Å². The standard InChI is InChI=1S/C23H22F3N3O/c1-15-4-2-7-19-20(15)16(10-29-11-22(12-29)13-30-14-22)9-27-21(19)28-18-6-3-5-17(8-18)23(24,25)26/h2-9H,10-14H2,1H3,(H,27,28). The molecule has 2 saturated heterocycles. The van der Waals surface area contributed by atoms with Crippen LogP contribution in [0.4, 0.5) is 24.7 Å². The van der Waals surface area contributed by atoms with Crippen molar-refractivity contribution in [2.75, 3.05) is 31.6 Å². The minimum atomic E-state index is -4.38. The van der Waals surface area contributed by atoms with E-state index in [0.717, 1.165) is 66.9 Å². The van der Waals surface area contributed by atoms with Gasteiger partial charge in [0.15, 0.2) is 0 Å². The number of rotatable bonds is 4. The van der Waals surface area contributed by atoms with E-state index >= 15 is 0 Å². The number of alkyl halides is 3. The van der Waals surface area contributed by atoms with Crippen molar-refractivity contribution in [3.05, 3.63) is 65.4 Å². The Morgan fingerprint density at radius 3 is 2.60 bits per heavy atom. The molecule has 1 N–H and O–H groups in total. The van der Waals surface area contributed by atoms with Crippen LogP contribution in [0.2, 0.25) is 0 Å². The summed E-state index contributed by atoms with van der Waals surface area (Å²) >= 11 is 0. The number of likely N-dealkylation sites (tertiary alicyclic amines) is 1. The number of aryl methyl sites for hydroxylation is 1. The Morgan fingerprint density at radius 2 is 1.90 bits per heavy atom. The van der Waals surface area contributed by atoms with Gasteiger partial charge in [0.25, 0.3) is 0 Å². The number of nitrogens with zero attached hydrogens (tertiary/aromatic N) is 2. The van der Waals surface area contributed by atoms with Crippen LogP contribution in [0.25, 0.3) is 10.8 Å². The SMILES string of the molecule is Cc1cccc2c(Nc3cccc(C(F)(F)F)c3)ncc(CN3CC4(COC4)C3)c12. The van der Waals surface area contributed by atoms with E-state index in [4.69, 9.17) is 4.74 Å². The van der Waals surface area contributed by atoms with Crippen molar-refractivity contribution >= 4 is 22.3 Å². The van der Waals surface area contributed by atoms with Gasteiger partial charge in [0.2, 0.25) is 0 Å². The van der Waals surface area contributed by atoms with Gasteiger partial charge < -0.3 is 10.1 Å². The predicted octanol–water partition coefficient (Wildman–Crippen LogP) is 5.14. The lowest BCUT2D eigenvalue weighted by molar-refractivity contribution is -0.191. The summed E-state index contributed by atoms with van der Waals surface area (Å²) in [6, 6.07) is 11.2. The normalized spacial score (nSPS) is 18.3. The minimum absolute atomic E-state index is 0.350. The van der Waals surface area contributed by atoms with E-state index in [1.165, 1.54) is 6.07 Å². The lowest BCUT2D eigenvalue weighted by Gasteiger charge is -2.55. The Morgan fingerprint density at radius 1 is 1.13 bits per heavy atom. The molecule has 3 heterocycles. The molecule has 2 aromatic carbocycles. The van der Waals surface area contributed by atoms with Crippen LogP contribution in [0, 0.1) is 12.3 Å². The smallest absolute Gasteiger partial charge is 0.380 e. The minimum Gasteiger partial charge on any atom is -0.380 e. The number of fused-ring (bicyclic) bond motifs is 1. The molecule has 156 valence electrons. The van der Waals surface area contributed by atoms with Crippen LogP contribution in [-0.2, 0) is 17.5 Å². The number of halogens is 3. The van der Waals surface area contributed by atoms with Crippen molar-refractivity contribution in [2.24, 2.45) is 5.41 Å². The molecule has 5 rings (SSSR count). The molecule has 7 heteroatoms. The molecule has 2 fully saturated rings.